The van der Waals surface area contributed by atoms with E-state index in [1.807, 2.05) is 0 Å². The maximum atomic E-state index is 13.6. The Balaban J connectivity index is 1.52. The number of carbonyl (C=O) groups excluding carboxylic acids is 1. The van der Waals surface area contributed by atoms with E-state index in [4.69, 9.17) is 0 Å². The summed E-state index contributed by atoms with van der Waals surface area (Å²) in [5, 5.41) is 0. The molecule has 22 heavy (non-hydrogen) atoms. The second kappa shape index (κ2) is 4.37. The Morgan fingerprint density at radius 3 is 2.27 bits per heavy atom. The second-order valence-electron chi connectivity index (χ2n) is 8.55. The normalized spacial score (nSPS) is 41.8. The van der Waals surface area contributed by atoms with Crippen molar-refractivity contribution in [3.8, 4) is 0 Å². The summed E-state index contributed by atoms with van der Waals surface area (Å²) in [5.41, 5.74) is 2.53. The fourth-order valence-corrected chi connectivity index (χ4v) is 6.50. The molecule has 1 aromatic rings. The number of carbonyl (C=O) groups is 1. The van der Waals surface area contributed by atoms with Crippen molar-refractivity contribution in [2.45, 2.75) is 57.9 Å². The van der Waals surface area contributed by atoms with E-state index in [1.54, 1.807) is 0 Å². The number of amides is 1. The lowest BCUT2D eigenvalue weighted by Crippen LogP contribution is -2.55. The molecule has 5 aliphatic rings. The minimum atomic E-state index is -0.0134. The number of hydrogen-bond donors (Lipinski definition) is 0. The van der Waals surface area contributed by atoms with Gasteiger partial charge in [-0.3, -0.25) is 4.79 Å². The predicted octanol–water partition coefficient (Wildman–Crippen LogP) is 4.18. The molecule has 2 nitrogen and oxygen atoms in total. The van der Waals surface area contributed by atoms with Crippen molar-refractivity contribution >= 4 is 11.6 Å². The predicted molar refractivity (Wildman–Crippen MR) is 87.7 cm³/mol. The van der Waals surface area contributed by atoms with E-state index in [0.717, 1.165) is 24.2 Å². The highest BCUT2D eigenvalue weighted by molar-refractivity contribution is 6.00. The number of nitrogens with zero attached hydrogens (tertiary/aromatic N) is 1. The molecule has 1 aromatic carbocycles. The first kappa shape index (κ1) is 13.2. The van der Waals surface area contributed by atoms with Crippen molar-refractivity contribution in [3.05, 3.63) is 29.8 Å². The van der Waals surface area contributed by atoms with Gasteiger partial charge in [0.25, 0.3) is 0 Å². The molecule has 0 saturated heterocycles. The maximum absolute atomic E-state index is 13.6. The van der Waals surface area contributed by atoms with Crippen molar-refractivity contribution in [2.75, 3.05) is 4.90 Å². The molecular formula is C20H25NO. The van der Waals surface area contributed by atoms with E-state index in [2.05, 4.69) is 36.1 Å². The van der Waals surface area contributed by atoms with Crippen LogP contribution in [-0.4, -0.2) is 11.9 Å². The van der Waals surface area contributed by atoms with Crippen LogP contribution in [0.2, 0.25) is 0 Å². The SMILES string of the molecule is CC1Cc2ccccc2N1C(=O)C12CC3CC(CC(C3)C1)C2. The number of hydrogen-bond acceptors (Lipinski definition) is 1. The van der Waals surface area contributed by atoms with Crippen molar-refractivity contribution in [3.63, 3.8) is 0 Å². The summed E-state index contributed by atoms with van der Waals surface area (Å²) in [7, 11) is 0. The molecular weight excluding hydrogens is 270 g/mol. The average Bonchev–Trinajstić information content (AvgIpc) is 2.80. The first-order chi connectivity index (χ1) is 10.6. The Hall–Kier alpha value is -1.31. The van der Waals surface area contributed by atoms with E-state index in [1.165, 1.54) is 49.8 Å². The number of para-hydroxylation sites is 1. The van der Waals surface area contributed by atoms with Crippen molar-refractivity contribution in [1.29, 1.82) is 0 Å². The zero-order valence-electron chi connectivity index (χ0n) is 13.4. The van der Waals surface area contributed by atoms with Gasteiger partial charge in [0.15, 0.2) is 0 Å². The fraction of sp³-hybridized carbons (Fsp3) is 0.650. The molecule has 4 aliphatic carbocycles. The maximum Gasteiger partial charge on any atom is 0.233 e. The van der Waals surface area contributed by atoms with E-state index >= 15 is 0 Å². The molecule has 6 rings (SSSR count). The molecule has 4 saturated carbocycles. The van der Waals surface area contributed by atoms with Gasteiger partial charge in [-0.25, -0.2) is 0 Å². The number of anilines is 1. The van der Waals surface area contributed by atoms with Crippen LogP contribution >= 0.6 is 0 Å². The molecule has 4 fully saturated rings. The van der Waals surface area contributed by atoms with Gasteiger partial charge in [-0.1, -0.05) is 18.2 Å². The molecule has 1 heterocycles. The zero-order chi connectivity index (χ0) is 14.9. The quantitative estimate of drug-likeness (QED) is 0.761. The molecule has 0 radical (unpaired) electrons. The number of fused-ring (bicyclic) bond motifs is 1. The van der Waals surface area contributed by atoms with Gasteiger partial charge in [-0.2, -0.15) is 0 Å². The Morgan fingerprint density at radius 1 is 1.05 bits per heavy atom. The molecule has 4 bridgehead atoms. The third-order valence-corrected chi connectivity index (χ3v) is 6.92. The van der Waals surface area contributed by atoms with Gasteiger partial charge >= 0.3 is 0 Å². The number of benzene rings is 1. The smallest absolute Gasteiger partial charge is 0.233 e. The summed E-state index contributed by atoms with van der Waals surface area (Å²) in [6.45, 7) is 2.22. The molecule has 0 N–H and O–H groups in total. The topological polar surface area (TPSA) is 20.3 Å². The summed E-state index contributed by atoms with van der Waals surface area (Å²) in [4.78, 5) is 15.8. The van der Waals surface area contributed by atoms with E-state index in [0.29, 0.717) is 11.9 Å². The van der Waals surface area contributed by atoms with Gasteiger partial charge < -0.3 is 4.90 Å². The fourth-order valence-electron chi connectivity index (χ4n) is 6.50. The summed E-state index contributed by atoms with van der Waals surface area (Å²) < 4.78 is 0. The Labute approximate surface area is 132 Å². The van der Waals surface area contributed by atoms with Crippen LogP contribution in [0.15, 0.2) is 24.3 Å². The number of rotatable bonds is 1. The van der Waals surface area contributed by atoms with Crippen molar-refractivity contribution in [1.82, 2.24) is 0 Å². The molecule has 2 heteroatoms. The van der Waals surface area contributed by atoms with Gasteiger partial charge in [0, 0.05) is 11.7 Å². The minimum absolute atomic E-state index is 0.0134. The van der Waals surface area contributed by atoms with Crippen molar-refractivity contribution in [2.24, 2.45) is 23.2 Å². The van der Waals surface area contributed by atoms with Gasteiger partial charge in [-0.15, -0.1) is 0 Å². The molecule has 0 aromatic heterocycles. The van der Waals surface area contributed by atoms with E-state index < -0.39 is 0 Å². The highest BCUT2D eigenvalue weighted by Gasteiger charge is 2.56. The largest absolute Gasteiger partial charge is 0.309 e. The highest BCUT2D eigenvalue weighted by Crippen LogP contribution is 2.61. The second-order valence-corrected chi connectivity index (χ2v) is 8.55. The van der Waals surface area contributed by atoms with Gasteiger partial charge in [0.05, 0.1) is 5.41 Å². The van der Waals surface area contributed by atoms with E-state index in [9.17, 15) is 4.79 Å². The van der Waals surface area contributed by atoms with Gasteiger partial charge in [-0.05, 0) is 81.3 Å². The summed E-state index contributed by atoms with van der Waals surface area (Å²) in [5.74, 6) is 2.97. The minimum Gasteiger partial charge on any atom is -0.309 e. The third kappa shape index (κ3) is 1.70. The van der Waals surface area contributed by atoms with Gasteiger partial charge in [0.1, 0.15) is 0 Å². The molecule has 0 spiro atoms. The summed E-state index contributed by atoms with van der Waals surface area (Å²) in [6.07, 6.45) is 8.74. The van der Waals surface area contributed by atoms with Crippen LogP contribution in [-0.2, 0) is 11.2 Å². The lowest BCUT2D eigenvalue weighted by atomic mass is 9.49. The highest BCUT2D eigenvalue weighted by atomic mass is 16.2. The molecule has 1 atom stereocenters. The third-order valence-electron chi connectivity index (χ3n) is 6.92. The van der Waals surface area contributed by atoms with Crippen LogP contribution in [0, 0.1) is 23.2 Å². The average molecular weight is 295 g/mol. The zero-order valence-corrected chi connectivity index (χ0v) is 13.4. The van der Waals surface area contributed by atoms with Crippen LogP contribution in [0.5, 0.6) is 0 Å². The van der Waals surface area contributed by atoms with Crippen LogP contribution in [0.3, 0.4) is 0 Å². The summed E-state index contributed by atoms with van der Waals surface area (Å²) in [6, 6.07) is 8.86. The van der Waals surface area contributed by atoms with E-state index in [-0.39, 0.29) is 5.41 Å². The molecule has 116 valence electrons. The van der Waals surface area contributed by atoms with Crippen LogP contribution in [0.4, 0.5) is 5.69 Å². The van der Waals surface area contributed by atoms with Crippen molar-refractivity contribution < 1.29 is 4.79 Å². The standard InChI is InChI=1S/C20H25NO/c1-13-6-17-4-2-3-5-18(17)21(13)19(22)20-10-14-7-15(11-20)9-16(8-14)12-20/h2-5,13-16H,6-12H2,1H3. The molecule has 1 amide bonds. The first-order valence-electron chi connectivity index (χ1n) is 9.06. The van der Waals surface area contributed by atoms with Crippen LogP contribution in [0.1, 0.15) is 51.0 Å². The Bertz CT molecular complexity index is 599. The Kier molecular flexibility index (Phi) is 2.61. The lowest BCUT2D eigenvalue weighted by Gasteiger charge is -2.56. The van der Waals surface area contributed by atoms with Crippen LogP contribution < -0.4 is 4.90 Å². The first-order valence-corrected chi connectivity index (χ1v) is 9.06. The monoisotopic (exact) mass is 295 g/mol. The van der Waals surface area contributed by atoms with Crippen LogP contribution in [0.25, 0.3) is 0 Å². The molecule has 1 aliphatic heterocycles. The lowest BCUT2D eigenvalue weighted by molar-refractivity contribution is -0.143. The van der Waals surface area contributed by atoms with Gasteiger partial charge in [0.2, 0.25) is 5.91 Å². The summed E-state index contributed by atoms with van der Waals surface area (Å²) >= 11 is 0. The Morgan fingerprint density at radius 2 is 1.64 bits per heavy atom. The molecule has 1 unspecified atom stereocenters.